The number of carbonyl (C=O) groups excluding carboxylic acids is 1. The molecule has 7 heteroatoms. The molecule has 2 saturated heterocycles. The summed E-state index contributed by atoms with van der Waals surface area (Å²) in [7, 11) is 0. The van der Waals surface area contributed by atoms with Gasteiger partial charge in [0.25, 0.3) is 0 Å². The van der Waals surface area contributed by atoms with Gasteiger partial charge in [-0.1, -0.05) is 12.1 Å². The van der Waals surface area contributed by atoms with Crippen molar-refractivity contribution in [3.05, 3.63) is 29.3 Å². The van der Waals surface area contributed by atoms with E-state index in [4.69, 9.17) is 15.5 Å². The maximum atomic E-state index is 11.4. The first-order valence-electron chi connectivity index (χ1n) is 8.88. The fourth-order valence-corrected chi connectivity index (χ4v) is 5.13. The van der Waals surface area contributed by atoms with E-state index in [1.807, 2.05) is 6.07 Å². The van der Waals surface area contributed by atoms with Crippen LogP contribution in [0.4, 0.5) is 0 Å². The van der Waals surface area contributed by atoms with Crippen LogP contribution in [0.5, 0.6) is 0 Å². The summed E-state index contributed by atoms with van der Waals surface area (Å²) in [5, 5.41) is 1.17. The van der Waals surface area contributed by atoms with Crippen molar-refractivity contribution in [2.75, 3.05) is 45.9 Å². The number of nitrogens with two attached hydrogens (primary N) is 1. The first-order valence-corrected chi connectivity index (χ1v) is 9.70. The number of thiazole rings is 1. The molecule has 2 N–H and O–H groups in total. The zero-order valence-electron chi connectivity index (χ0n) is 14.3. The normalized spacial score (nSPS) is 26.1. The lowest BCUT2D eigenvalue weighted by atomic mass is 9.90. The van der Waals surface area contributed by atoms with Crippen LogP contribution in [0.2, 0.25) is 0 Å². The highest BCUT2D eigenvalue weighted by Gasteiger charge is 2.36. The molecule has 6 nitrogen and oxygen atoms in total. The number of carbonyl (C=O) groups is 1. The van der Waals surface area contributed by atoms with Crippen LogP contribution in [0.15, 0.2) is 24.3 Å². The van der Waals surface area contributed by atoms with Crippen LogP contribution in [-0.2, 0) is 9.53 Å². The molecule has 0 radical (unpaired) electrons. The highest BCUT2D eigenvalue weighted by atomic mass is 32.1. The summed E-state index contributed by atoms with van der Waals surface area (Å²) in [5.74, 6) is 0.0523. The minimum absolute atomic E-state index is 0.257. The number of likely N-dealkylation sites (tertiary alicyclic amines) is 1. The average molecular weight is 360 g/mol. The number of ether oxygens (including phenoxy) is 1. The minimum atomic E-state index is -0.257. The monoisotopic (exact) mass is 360 g/mol. The number of para-hydroxylation sites is 1. The number of piperidine rings is 1. The van der Waals surface area contributed by atoms with Crippen molar-refractivity contribution in [1.29, 1.82) is 0 Å². The van der Waals surface area contributed by atoms with Gasteiger partial charge < -0.3 is 10.5 Å². The fourth-order valence-electron chi connectivity index (χ4n) is 4.01. The molecule has 134 valence electrons. The highest BCUT2D eigenvalue weighted by molar-refractivity contribution is 7.18. The van der Waals surface area contributed by atoms with E-state index in [1.54, 1.807) is 11.3 Å². The molecule has 2 unspecified atom stereocenters. The predicted molar refractivity (Wildman–Crippen MR) is 98.8 cm³/mol. The number of hydrogen-bond donors (Lipinski definition) is 1. The smallest absolute Gasteiger partial charge is 0.231 e. The molecule has 0 bridgehead atoms. The van der Waals surface area contributed by atoms with Crippen molar-refractivity contribution in [2.45, 2.75) is 18.4 Å². The van der Waals surface area contributed by atoms with Gasteiger partial charge >= 0.3 is 0 Å². The first kappa shape index (κ1) is 16.9. The average Bonchev–Trinajstić information content (AvgIpc) is 3.06. The molecule has 1 amide bonds. The van der Waals surface area contributed by atoms with Gasteiger partial charge in [0.05, 0.1) is 35.0 Å². The Morgan fingerprint density at radius 3 is 2.84 bits per heavy atom. The number of hydrogen-bond acceptors (Lipinski definition) is 6. The SMILES string of the molecule is NC(=O)CN1CCC(N2CCOCC2)C(c2nc3ccccc3s2)C1. The molecule has 0 aliphatic carbocycles. The summed E-state index contributed by atoms with van der Waals surface area (Å²) in [6.07, 6.45) is 1.04. The fraction of sp³-hybridized carbons (Fsp3) is 0.556. The maximum Gasteiger partial charge on any atom is 0.231 e. The van der Waals surface area contributed by atoms with Crippen LogP contribution in [0.1, 0.15) is 17.3 Å². The van der Waals surface area contributed by atoms with Crippen molar-refractivity contribution in [3.63, 3.8) is 0 Å². The van der Waals surface area contributed by atoms with Gasteiger partial charge in [0.1, 0.15) is 0 Å². The van der Waals surface area contributed by atoms with Gasteiger partial charge in [-0.2, -0.15) is 0 Å². The summed E-state index contributed by atoms with van der Waals surface area (Å²) < 4.78 is 6.75. The summed E-state index contributed by atoms with van der Waals surface area (Å²) in [6.45, 7) is 5.63. The summed E-state index contributed by atoms with van der Waals surface area (Å²) in [4.78, 5) is 21.0. The second-order valence-corrected chi connectivity index (χ2v) is 7.89. The van der Waals surface area contributed by atoms with Crippen LogP contribution in [-0.4, -0.2) is 72.7 Å². The molecule has 2 atom stereocenters. The zero-order chi connectivity index (χ0) is 17.2. The Hall–Kier alpha value is -1.54. The second-order valence-electron chi connectivity index (χ2n) is 6.83. The molecule has 1 aromatic heterocycles. The molecule has 2 aliphatic heterocycles. The Labute approximate surface area is 151 Å². The maximum absolute atomic E-state index is 11.4. The molecule has 3 heterocycles. The standard InChI is InChI=1S/C18H24N4O2S/c19-17(23)12-21-6-5-15(22-7-9-24-10-8-22)13(11-21)18-20-14-3-1-2-4-16(14)25-18/h1-4,13,15H,5-12H2,(H2,19,23). The summed E-state index contributed by atoms with van der Waals surface area (Å²) in [6, 6.07) is 8.75. The van der Waals surface area contributed by atoms with Gasteiger partial charge in [-0.3, -0.25) is 14.6 Å². The van der Waals surface area contributed by atoms with Crippen molar-refractivity contribution >= 4 is 27.5 Å². The molecule has 2 fully saturated rings. The van der Waals surface area contributed by atoms with Gasteiger partial charge in [-0.25, -0.2) is 4.98 Å². The molecule has 2 aliphatic rings. The van der Waals surface area contributed by atoms with E-state index in [0.29, 0.717) is 18.5 Å². The van der Waals surface area contributed by atoms with E-state index in [1.165, 1.54) is 9.71 Å². The molecule has 2 aromatic rings. The first-order chi connectivity index (χ1) is 12.2. The van der Waals surface area contributed by atoms with Crippen LogP contribution in [0.25, 0.3) is 10.2 Å². The molecule has 0 saturated carbocycles. The van der Waals surface area contributed by atoms with Crippen molar-refractivity contribution < 1.29 is 9.53 Å². The third-order valence-corrected chi connectivity index (χ3v) is 6.35. The van der Waals surface area contributed by atoms with Crippen LogP contribution in [0.3, 0.4) is 0 Å². The van der Waals surface area contributed by atoms with Crippen LogP contribution < -0.4 is 5.73 Å². The number of fused-ring (bicyclic) bond motifs is 1. The van der Waals surface area contributed by atoms with E-state index in [2.05, 4.69) is 28.0 Å². The highest BCUT2D eigenvalue weighted by Crippen LogP contribution is 2.35. The van der Waals surface area contributed by atoms with Crippen molar-refractivity contribution in [1.82, 2.24) is 14.8 Å². The van der Waals surface area contributed by atoms with E-state index in [9.17, 15) is 4.79 Å². The minimum Gasteiger partial charge on any atom is -0.379 e. The van der Waals surface area contributed by atoms with Crippen molar-refractivity contribution in [2.24, 2.45) is 5.73 Å². The van der Waals surface area contributed by atoms with Gasteiger partial charge in [0.15, 0.2) is 0 Å². The molecular formula is C18H24N4O2S. The Kier molecular flexibility index (Phi) is 4.98. The number of amides is 1. The number of primary amides is 1. The second kappa shape index (κ2) is 7.37. The lowest BCUT2D eigenvalue weighted by Crippen LogP contribution is -2.53. The number of rotatable bonds is 4. The lowest BCUT2D eigenvalue weighted by Gasteiger charge is -2.44. The van der Waals surface area contributed by atoms with E-state index >= 15 is 0 Å². The Bertz CT molecular complexity index is 711. The molecule has 25 heavy (non-hydrogen) atoms. The van der Waals surface area contributed by atoms with E-state index < -0.39 is 0 Å². The van der Waals surface area contributed by atoms with Gasteiger partial charge in [-0.15, -0.1) is 11.3 Å². The van der Waals surface area contributed by atoms with E-state index in [0.717, 1.165) is 51.3 Å². The van der Waals surface area contributed by atoms with E-state index in [-0.39, 0.29) is 5.91 Å². The Balaban J connectivity index is 1.62. The predicted octanol–water partition coefficient (Wildman–Crippen LogP) is 1.27. The quantitative estimate of drug-likeness (QED) is 0.889. The summed E-state index contributed by atoms with van der Waals surface area (Å²) >= 11 is 1.78. The molecule has 1 aromatic carbocycles. The number of nitrogens with zero attached hydrogens (tertiary/aromatic N) is 3. The number of benzene rings is 1. The van der Waals surface area contributed by atoms with Crippen LogP contribution >= 0.6 is 11.3 Å². The lowest BCUT2D eigenvalue weighted by molar-refractivity contribution is -0.119. The molecule has 0 spiro atoms. The summed E-state index contributed by atoms with van der Waals surface area (Å²) in [5.41, 5.74) is 6.49. The zero-order valence-corrected chi connectivity index (χ0v) is 15.1. The molecular weight excluding hydrogens is 336 g/mol. The third kappa shape index (κ3) is 3.69. The van der Waals surface area contributed by atoms with Gasteiger partial charge in [-0.05, 0) is 18.6 Å². The third-order valence-electron chi connectivity index (χ3n) is 5.18. The van der Waals surface area contributed by atoms with Gasteiger partial charge in [0.2, 0.25) is 5.91 Å². The number of aromatic nitrogens is 1. The largest absolute Gasteiger partial charge is 0.379 e. The van der Waals surface area contributed by atoms with Gasteiger partial charge in [0, 0.05) is 38.1 Å². The Morgan fingerprint density at radius 2 is 2.08 bits per heavy atom. The van der Waals surface area contributed by atoms with Crippen LogP contribution in [0, 0.1) is 0 Å². The number of morpholine rings is 1. The topological polar surface area (TPSA) is 71.7 Å². The van der Waals surface area contributed by atoms with Crippen molar-refractivity contribution in [3.8, 4) is 0 Å². The molecule has 4 rings (SSSR count). The Morgan fingerprint density at radius 1 is 1.28 bits per heavy atom.